The lowest BCUT2D eigenvalue weighted by atomic mass is 9.99. The molecule has 2 heteroatoms. The van der Waals surface area contributed by atoms with Crippen LogP contribution in [0.25, 0.3) is 0 Å². The zero-order valence-corrected chi connectivity index (χ0v) is 10.6. The topological polar surface area (TPSA) is 32.3 Å². The summed E-state index contributed by atoms with van der Waals surface area (Å²) >= 11 is 0. The van der Waals surface area contributed by atoms with Crippen molar-refractivity contribution in [3.05, 3.63) is 34.9 Å². The number of hydrogen-bond acceptors (Lipinski definition) is 2. The molecule has 0 saturated carbocycles. The highest BCUT2D eigenvalue weighted by atomic mass is 16.3. The predicted octanol–water partition coefficient (Wildman–Crippen LogP) is 2.77. The maximum Gasteiger partial charge on any atom is 0.102 e. The van der Waals surface area contributed by atoms with E-state index < -0.39 is 6.23 Å². The summed E-state index contributed by atoms with van der Waals surface area (Å²) in [5, 5.41) is 12.3. The van der Waals surface area contributed by atoms with Gasteiger partial charge in [0.25, 0.3) is 0 Å². The minimum Gasteiger partial charge on any atom is -0.379 e. The molecule has 0 heterocycles. The second-order valence-corrected chi connectivity index (χ2v) is 4.43. The molecule has 1 aromatic rings. The maximum atomic E-state index is 9.22. The Morgan fingerprint density at radius 2 is 2.06 bits per heavy atom. The lowest BCUT2D eigenvalue weighted by Gasteiger charge is -2.13. The summed E-state index contributed by atoms with van der Waals surface area (Å²) in [5.41, 5.74) is 4.03. The molecule has 0 bridgehead atoms. The molecule has 0 aliphatic carbocycles. The lowest BCUT2D eigenvalue weighted by Crippen LogP contribution is -2.25. The molecule has 0 radical (unpaired) electrons. The third kappa shape index (κ3) is 4.33. The summed E-state index contributed by atoms with van der Waals surface area (Å²) in [5.74, 6) is 0. The highest BCUT2D eigenvalue weighted by Gasteiger charge is 2.03. The molecule has 1 atom stereocenters. The fourth-order valence-electron chi connectivity index (χ4n) is 1.78. The van der Waals surface area contributed by atoms with Crippen molar-refractivity contribution < 1.29 is 5.11 Å². The van der Waals surface area contributed by atoms with Gasteiger partial charge in [-0.3, -0.25) is 5.32 Å². The number of rotatable bonds is 6. The van der Waals surface area contributed by atoms with Crippen LogP contribution in [-0.4, -0.2) is 11.3 Å². The zero-order valence-electron chi connectivity index (χ0n) is 10.6. The summed E-state index contributed by atoms with van der Waals surface area (Å²) in [6.07, 6.45) is 3.14. The van der Waals surface area contributed by atoms with Crippen LogP contribution in [0.3, 0.4) is 0 Å². The summed E-state index contributed by atoms with van der Waals surface area (Å²) in [4.78, 5) is 0. The maximum absolute atomic E-state index is 9.22. The van der Waals surface area contributed by atoms with Crippen LogP contribution in [0.5, 0.6) is 0 Å². The molecule has 16 heavy (non-hydrogen) atoms. The van der Waals surface area contributed by atoms with E-state index in [0.29, 0.717) is 0 Å². The van der Waals surface area contributed by atoms with E-state index in [9.17, 15) is 5.11 Å². The van der Waals surface area contributed by atoms with Gasteiger partial charge < -0.3 is 5.11 Å². The summed E-state index contributed by atoms with van der Waals surface area (Å²) < 4.78 is 0. The van der Waals surface area contributed by atoms with Gasteiger partial charge in [-0.25, -0.2) is 0 Å². The molecule has 1 aromatic carbocycles. The molecule has 2 N–H and O–H groups in total. The van der Waals surface area contributed by atoms with E-state index in [1.165, 1.54) is 29.5 Å². The fraction of sp³-hybridized carbons (Fsp3) is 0.571. The van der Waals surface area contributed by atoms with E-state index in [4.69, 9.17) is 0 Å². The predicted molar refractivity (Wildman–Crippen MR) is 68.3 cm³/mol. The van der Waals surface area contributed by atoms with E-state index >= 15 is 0 Å². The fourth-order valence-corrected chi connectivity index (χ4v) is 1.78. The van der Waals surface area contributed by atoms with Crippen LogP contribution in [-0.2, 0) is 13.0 Å². The zero-order chi connectivity index (χ0) is 12.0. The van der Waals surface area contributed by atoms with Gasteiger partial charge >= 0.3 is 0 Å². The van der Waals surface area contributed by atoms with E-state index in [0.717, 1.165) is 13.0 Å². The first-order valence-electron chi connectivity index (χ1n) is 6.13. The molecule has 0 saturated heterocycles. The van der Waals surface area contributed by atoms with Crippen LogP contribution < -0.4 is 5.32 Å². The first-order valence-corrected chi connectivity index (χ1v) is 6.13. The molecule has 0 fully saturated rings. The van der Waals surface area contributed by atoms with Crippen LogP contribution >= 0.6 is 0 Å². The van der Waals surface area contributed by atoms with Gasteiger partial charge in [-0.05, 0) is 37.8 Å². The van der Waals surface area contributed by atoms with Gasteiger partial charge in [-0.15, -0.1) is 0 Å². The molecule has 2 nitrogen and oxygen atoms in total. The Morgan fingerprint density at radius 3 is 2.69 bits per heavy atom. The Balaban J connectivity index is 2.72. The first kappa shape index (κ1) is 13.2. The van der Waals surface area contributed by atoms with E-state index in [-0.39, 0.29) is 0 Å². The van der Waals surface area contributed by atoms with Crippen molar-refractivity contribution in [1.82, 2.24) is 5.32 Å². The highest BCUT2D eigenvalue weighted by Crippen LogP contribution is 2.14. The van der Waals surface area contributed by atoms with Crippen molar-refractivity contribution in [3.63, 3.8) is 0 Å². The van der Waals surface area contributed by atoms with E-state index in [1.54, 1.807) is 6.92 Å². The Kier molecular flexibility index (Phi) is 5.50. The average molecular weight is 221 g/mol. The van der Waals surface area contributed by atoms with Gasteiger partial charge in [0.15, 0.2) is 0 Å². The van der Waals surface area contributed by atoms with Gasteiger partial charge in [-0.1, -0.05) is 37.1 Å². The second-order valence-electron chi connectivity index (χ2n) is 4.43. The molecule has 0 amide bonds. The van der Waals surface area contributed by atoms with Crippen molar-refractivity contribution in [2.24, 2.45) is 0 Å². The van der Waals surface area contributed by atoms with E-state index in [1.807, 2.05) is 0 Å². The SMILES string of the molecule is CCCCc1cc(C)ccc1CNC(C)O. The number of benzene rings is 1. The molecule has 90 valence electrons. The number of aliphatic hydroxyl groups is 1. The summed E-state index contributed by atoms with van der Waals surface area (Å²) in [7, 11) is 0. The standard InChI is InChI=1S/C14H23NO/c1-4-5-6-13-9-11(2)7-8-14(13)10-15-12(3)16/h7-9,12,15-16H,4-6,10H2,1-3H3. The van der Waals surface area contributed by atoms with Gasteiger partial charge in [0.2, 0.25) is 0 Å². The minimum atomic E-state index is -0.444. The normalized spacial score (nSPS) is 12.8. The summed E-state index contributed by atoms with van der Waals surface area (Å²) in [6.45, 7) is 6.84. The molecule has 0 aromatic heterocycles. The van der Waals surface area contributed by atoms with Gasteiger partial charge in [-0.2, -0.15) is 0 Å². The van der Waals surface area contributed by atoms with Crippen LogP contribution in [0, 0.1) is 6.92 Å². The van der Waals surface area contributed by atoms with Crippen LogP contribution in [0.4, 0.5) is 0 Å². The number of hydrogen-bond donors (Lipinski definition) is 2. The minimum absolute atomic E-state index is 0.444. The van der Waals surface area contributed by atoms with Crippen molar-refractivity contribution >= 4 is 0 Å². The van der Waals surface area contributed by atoms with Crippen molar-refractivity contribution in [2.45, 2.75) is 52.8 Å². The number of aryl methyl sites for hydroxylation is 2. The Labute approximate surface area is 98.7 Å². The van der Waals surface area contributed by atoms with Crippen molar-refractivity contribution in [1.29, 1.82) is 0 Å². The van der Waals surface area contributed by atoms with E-state index in [2.05, 4.69) is 37.4 Å². The molecule has 1 unspecified atom stereocenters. The number of aliphatic hydroxyl groups excluding tert-OH is 1. The highest BCUT2D eigenvalue weighted by molar-refractivity contribution is 5.31. The smallest absolute Gasteiger partial charge is 0.102 e. The Bertz CT molecular complexity index is 321. The molecular weight excluding hydrogens is 198 g/mol. The quantitative estimate of drug-likeness (QED) is 0.724. The third-order valence-corrected chi connectivity index (χ3v) is 2.75. The number of nitrogens with one attached hydrogen (secondary N) is 1. The summed E-state index contributed by atoms with van der Waals surface area (Å²) in [6, 6.07) is 6.55. The monoisotopic (exact) mass is 221 g/mol. The van der Waals surface area contributed by atoms with Gasteiger partial charge in [0.05, 0.1) is 0 Å². The van der Waals surface area contributed by atoms with Gasteiger partial charge in [0, 0.05) is 6.54 Å². The third-order valence-electron chi connectivity index (χ3n) is 2.75. The largest absolute Gasteiger partial charge is 0.379 e. The molecule has 0 aliphatic heterocycles. The number of unbranched alkanes of at least 4 members (excludes halogenated alkanes) is 1. The van der Waals surface area contributed by atoms with Crippen LogP contribution in [0.15, 0.2) is 18.2 Å². The lowest BCUT2D eigenvalue weighted by molar-refractivity contribution is 0.154. The average Bonchev–Trinajstić information content (AvgIpc) is 2.24. The Morgan fingerprint density at radius 1 is 1.31 bits per heavy atom. The van der Waals surface area contributed by atoms with Crippen molar-refractivity contribution in [2.75, 3.05) is 0 Å². The Hall–Kier alpha value is -0.860. The first-order chi connectivity index (χ1) is 7.63. The van der Waals surface area contributed by atoms with Crippen molar-refractivity contribution in [3.8, 4) is 0 Å². The molecule has 0 spiro atoms. The van der Waals surface area contributed by atoms with Gasteiger partial charge in [0.1, 0.15) is 6.23 Å². The molecular formula is C14H23NO. The van der Waals surface area contributed by atoms with Crippen LogP contribution in [0.2, 0.25) is 0 Å². The molecule has 0 aliphatic rings. The van der Waals surface area contributed by atoms with Crippen LogP contribution in [0.1, 0.15) is 43.4 Å². The second kappa shape index (κ2) is 6.66. The molecule has 1 rings (SSSR count).